The van der Waals surface area contributed by atoms with Gasteiger partial charge in [0.1, 0.15) is 12.4 Å². The normalized spacial score (nSPS) is 9.75. The fraction of sp³-hybridized carbons (Fsp3) is 0.125. The first-order chi connectivity index (χ1) is 9.69. The summed E-state index contributed by atoms with van der Waals surface area (Å²) in [6, 6.07) is 10.8. The van der Waals surface area contributed by atoms with Crippen molar-refractivity contribution < 1.29 is 13.5 Å². The van der Waals surface area contributed by atoms with E-state index in [-0.39, 0.29) is 12.5 Å². The average Bonchev–Trinajstić information content (AvgIpc) is 2.47. The van der Waals surface area contributed by atoms with Gasteiger partial charge in [0.05, 0.1) is 5.88 Å². The number of rotatable bonds is 3. The van der Waals surface area contributed by atoms with Gasteiger partial charge in [0.2, 0.25) is 0 Å². The molecule has 2 rings (SSSR count). The lowest BCUT2D eigenvalue weighted by atomic mass is 10.2. The molecule has 0 unspecified atom stereocenters. The molecule has 0 amide bonds. The van der Waals surface area contributed by atoms with Crippen LogP contribution in [0.5, 0.6) is 5.75 Å². The minimum Gasteiger partial charge on any atom is -0.489 e. The topological polar surface area (TPSA) is 9.23 Å². The monoisotopic (exact) mass is 292 g/mol. The van der Waals surface area contributed by atoms with Gasteiger partial charge < -0.3 is 4.74 Å². The van der Waals surface area contributed by atoms with E-state index >= 15 is 0 Å². The van der Waals surface area contributed by atoms with Crippen molar-refractivity contribution in [3.63, 3.8) is 0 Å². The largest absolute Gasteiger partial charge is 0.489 e. The quantitative estimate of drug-likeness (QED) is 0.610. The third kappa shape index (κ3) is 3.97. The Morgan fingerprint density at radius 3 is 2.40 bits per heavy atom. The highest BCUT2D eigenvalue weighted by Gasteiger charge is 2.03. The molecule has 0 radical (unpaired) electrons. The Balaban J connectivity index is 1.98. The summed E-state index contributed by atoms with van der Waals surface area (Å²) >= 11 is 5.47. The average molecular weight is 293 g/mol. The van der Waals surface area contributed by atoms with Crippen LogP contribution in [0.3, 0.4) is 0 Å². The van der Waals surface area contributed by atoms with Gasteiger partial charge in [-0.15, -0.1) is 11.6 Å². The zero-order chi connectivity index (χ0) is 14.4. The van der Waals surface area contributed by atoms with Crippen molar-refractivity contribution in [3.05, 3.63) is 65.2 Å². The zero-order valence-corrected chi connectivity index (χ0v) is 11.3. The molecule has 0 aliphatic rings. The summed E-state index contributed by atoms with van der Waals surface area (Å²) < 4.78 is 31.3. The van der Waals surface area contributed by atoms with Crippen LogP contribution in [0.2, 0.25) is 0 Å². The molecule has 0 saturated heterocycles. The standard InChI is InChI=1S/C16H11ClF2O/c17-9-1-2-12-3-6-14(7-4-12)20-11-13-5-8-15(18)16(19)10-13/h3-8,10H,9,11H2. The SMILES string of the molecule is Fc1ccc(COc2ccc(C#CCCl)cc2)cc1F. The Bertz CT molecular complexity index is 642. The molecule has 0 saturated carbocycles. The van der Waals surface area contributed by atoms with Gasteiger partial charge in [-0.3, -0.25) is 0 Å². The number of hydrogen-bond acceptors (Lipinski definition) is 1. The Morgan fingerprint density at radius 2 is 1.75 bits per heavy atom. The molecule has 20 heavy (non-hydrogen) atoms. The zero-order valence-electron chi connectivity index (χ0n) is 10.5. The second-order valence-electron chi connectivity index (χ2n) is 4.00. The molecule has 0 aliphatic heterocycles. The maximum Gasteiger partial charge on any atom is 0.159 e. The summed E-state index contributed by atoms with van der Waals surface area (Å²) in [5.74, 6) is 4.81. The molecule has 2 aromatic carbocycles. The van der Waals surface area contributed by atoms with Crippen molar-refractivity contribution >= 4 is 11.6 Å². The Morgan fingerprint density at radius 1 is 1.00 bits per heavy atom. The van der Waals surface area contributed by atoms with Gasteiger partial charge in [0.25, 0.3) is 0 Å². The van der Waals surface area contributed by atoms with E-state index in [1.165, 1.54) is 6.07 Å². The van der Waals surface area contributed by atoms with Crippen LogP contribution in [0, 0.1) is 23.5 Å². The summed E-state index contributed by atoms with van der Waals surface area (Å²) in [5.41, 5.74) is 1.40. The molecule has 0 N–H and O–H groups in total. The third-order valence-corrected chi connectivity index (χ3v) is 2.68. The highest BCUT2D eigenvalue weighted by molar-refractivity contribution is 6.19. The van der Waals surface area contributed by atoms with Gasteiger partial charge in [-0.1, -0.05) is 17.9 Å². The van der Waals surface area contributed by atoms with E-state index in [1.807, 2.05) is 0 Å². The van der Waals surface area contributed by atoms with Crippen LogP contribution >= 0.6 is 11.6 Å². The van der Waals surface area contributed by atoms with E-state index < -0.39 is 11.6 Å². The van der Waals surface area contributed by atoms with Gasteiger partial charge in [-0.25, -0.2) is 8.78 Å². The molecule has 0 spiro atoms. The van der Waals surface area contributed by atoms with Crippen LogP contribution in [-0.4, -0.2) is 5.88 Å². The fourth-order valence-corrected chi connectivity index (χ4v) is 1.63. The minimum absolute atomic E-state index is 0.171. The second kappa shape index (κ2) is 6.93. The van der Waals surface area contributed by atoms with E-state index in [0.29, 0.717) is 11.3 Å². The van der Waals surface area contributed by atoms with Crippen LogP contribution in [0.1, 0.15) is 11.1 Å². The van der Waals surface area contributed by atoms with Gasteiger partial charge in [-0.2, -0.15) is 0 Å². The number of hydrogen-bond donors (Lipinski definition) is 0. The molecule has 0 aromatic heterocycles. The molecule has 0 atom stereocenters. The van der Waals surface area contributed by atoms with Gasteiger partial charge in [0.15, 0.2) is 11.6 Å². The van der Waals surface area contributed by atoms with E-state index in [1.54, 1.807) is 24.3 Å². The highest BCUT2D eigenvalue weighted by Crippen LogP contribution is 2.15. The molecule has 4 heteroatoms. The Kier molecular flexibility index (Phi) is 4.97. The molecule has 0 bridgehead atoms. The smallest absolute Gasteiger partial charge is 0.159 e. The summed E-state index contributed by atoms with van der Waals surface area (Å²) in [7, 11) is 0. The van der Waals surface area contributed by atoms with E-state index in [0.717, 1.165) is 17.7 Å². The summed E-state index contributed by atoms with van der Waals surface area (Å²) in [6.07, 6.45) is 0. The van der Waals surface area contributed by atoms with Gasteiger partial charge >= 0.3 is 0 Å². The fourth-order valence-electron chi connectivity index (χ4n) is 1.57. The van der Waals surface area contributed by atoms with Crippen molar-refractivity contribution in [1.82, 2.24) is 0 Å². The van der Waals surface area contributed by atoms with Crippen molar-refractivity contribution in [2.45, 2.75) is 6.61 Å². The second-order valence-corrected chi connectivity index (χ2v) is 4.26. The van der Waals surface area contributed by atoms with Crippen molar-refractivity contribution in [1.29, 1.82) is 0 Å². The maximum absolute atomic E-state index is 13.0. The summed E-state index contributed by atoms with van der Waals surface area (Å²) in [6.45, 7) is 0.171. The molecule has 102 valence electrons. The minimum atomic E-state index is -0.877. The molecule has 2 aromatic rings. The molecule has 1 nitrogen and oxygen atoms in total. The number of alkyl halides is 1. The summed E-state index contributed by atoms with van der Waals surface area (Å²) in [5, 5.41) is 0. The first-order valence-corrected chi connectivity index (χ1v) is 6.44. The van der Waals surface area contributed by atoms with Crippen molar-refractivity contribution in [3.8, 4) is 17.6 Å². The van der Waals surface area contributed by atoms with E-state index in [9.17, 15) is 8.78 Å². The number of halogens is 3. The Labute approximate surface area is 121 Å². The number of benzene rings is 2. The highest BCUT2D eigenvalue weighted by atomic mass is 35.5. The lowest BCUT2D eigenvalue weighted by molar-refractivity contribution is 0.305. The maximum atomic E-state index is 13.0. The molecular weight excluding hydrogens is 282 g/mol. The van der Waals surface area contributed by atoms with E-state index in [2.05, 4.69) is 11.8 Å². The van der Waals surface area contributed by atoms with Crippen molar-refractivity contribution in [2.75, 3.05) is 5.88 Å². The predicted molar refractivity (Wildman–Crippen MR) is 74.7 cm³/mol. The predicted octanol–water partition coefficient (Wildman–Crippen LogP) is 4.13. The third-order valence-electron chi connectivity index (χ3n) is 2.54. The lowest BCUT2D eigenvalue weighted by Gasteiger charge is -2.06. The van der Waals surface area contributed by atoms with Crippen LogP contribution in [-0.2, 0) is 6.61 Å². The van der Waals surface area contributed by atoms with Crippen molar-refractivity contribution in [2.24, 2.45) is 0 Å². The Hall–Kier alpha value is -2.05. The number of ether oxygens (including phenoxy) is 1. The summed E-state index contributed by atoms with van der Waals surface area (Å²) in [4.78, 5) is 0. The molecular formula is C16H11ClF2O. The molecule has 0 aliphatic carbocycles. The van der Waals surface area contributed by atoms with Gasteiger partial charge in [-0.05, 0) is 42.0 Å². The van der Waals surface area contributed by atoms with Crippen LogP contribution in [0.15, 0.2) is 42.5 Å². The van der Waals surface area contributed by atoms with Crippen LogP contribution in [0.25, 0.3) is 0 Å². The van der Waals surface area contributed by atoms with Gasteiger partial charge in [0, 0.05) is 5.56 Å². The first kappa shape index (κ1) is 14.4. The first-order valence-electron chi connectivity index (χ1n) is 5.90. The molecule has 0 heterocycles. The van der Waals surface area contributed by atoms with Crippen LogP contribution < -0.4 is 4.74 Å². The van der Waals surface area contributed by atoms with Crippen LogP contribution in [0.4, 0.5) is 8.78 Å². The lowest BCUT2D eigenvalue weighted by Crippen LogP contribution is -1.97. The van der Waals surface area contributed by atoms with E-state index in [4.69, 9.17) is 16.3 Å². The molecule has 0 fully saturated rings.